The Labute approximate surface area is 333 Å². The zero-order valence-electron chi connectivity index (χ0n) is 32.3. The van der Waals surface area contributed by atoms with Gasteiger partial charge in [-0.15, -0.1) is 0 Å². The molecule has 2 aromatic heterocycles. The van der Waals surface area contributed by atoms with E-state index in [-0.39, 0.29) is 5.41 Å². The lowest BCUT2D eigenvalue weighted by molar-refractivity contribution is 0.617. The standard InChI is InChI=1S/C55H42O2/c1-55(2)49-15-6-3-10-43(49)44-30-21-36(33-50(44)55)32-40(38-25-27-39(28-26-38)42-13-9-14-47-45-11-4-8-17-52(45)57-54(42)47)24-20-35-18-22-37(23-19-35)41-29-31-53-48(34-41)46-12-5-7-16-51(46)56-53/h3-19,21-23,25-31,33-34,40H,20,24,32H2,1-2H3. The summed E-state index contributed by atoms with van der Waals surface area (Å²) in [6.07, 6.45) is 3.03. The van der Waals surface area contributed by atoms with Crippen LogP contribution in [0, 0.1) is 0 Å². The van der Waals surface area contributed by atoms with E-state index in [0.29, 0.717) is 5.92 Å². The van der Waals surface area contributed by atoms with Crippen LogP contribution in [0.4, 0.5) is 0 Å². The molecule has 1 unspecified atom stereocenters. The minimum absolute atomic E-state index is 0.0201. The lowest BCUT2D eigenvalue weighted by Crippen LogP contribution is -2.15. The molecule has 57 heavy (non-hydrogen) atoms. The third-order valence-electron chi connectivity index (χ3n) is 12.7. The van der Waals surface area contributed by atoms with Crippen LogP contribution in [0.3, 0.4) is 0 Å². The highest BCUT2D eigenvalue weighted by molar-refractivity contribution is 6.09. The molecule has 10 aromatic rings. The van der Waals surface area contributed by atoms with E-state index in [9.17, 15) is 0 Å². The number of para-hydroxylation sites is 3. The van der Waals surface area contributed by atoms with Crippen molar-refractivity contribution in [1.82, 2.24) is 0 Å². The van der Waals surface area contributed by atoms with Crippen molar-refractivity contribution in [1.29, 1.82) is 0 Å². The monoisotopic (exact) mass is 734 g/mol. The molecular weight excluding hydrogens is 693 g/mol. The van der Waals surface area contributed by atoms with Crippen LogP contribution in [0.15, 0.2) is 185 Å². The van der Waals surface area contributed by atoms with E-state index in [0.717, 1.165) is 68.7 Å². The molecule has 0 radical (unpaired) electrons. The number of fused-ring (bicyclic) bond motifs is 9. The molecule has 1 atom stereocenters. The highest BCUT2D eigenvalue weighted by Crippen LogP contribution is 2.49. The zero-order chi connectivity index (χ0) is 38.1. The van der Waals surface area contributed by atoms with Crippen LogP contribution in [-0.2, 0) is 18.3 Å². The van der Waals surface area contributed by atoms with Crippen molar-refractivity contribution >= 4 is 43.9 Å². The molecule has 2 nitrogen and oxygen atoms in total. The fraction of sp³-hybridized carbons (Fsp3) is 0.127. The van der Waals surface area contributed by atoms with E-state index in [1.165, 1.54) is 55.6 Å². The maximum atomic E-state index is 6.42. The van der Waals surface area contributed by atoms with Gasteiger partial charge in [0.15, 0.2) is 0 Å². The first kappa shape index (κ1) is 33.7. The lowest BCUT2D eigenvalue weighted by atomic mass is 9.80. The summed E-state index contributed by atoms with van der Waals surface area (Å²) in [6, 6.07) is 64.3. The van der Waals surface area contributed by atoms with E-state index in [1.807, 2.05) is 18.2 Å². The van der Waals surface area contributed by atoms with E-state index >= 15 is 0 Å². The first-order valence-electron chi connectivity index (χ1n) is 20.2. The highest BCUT2D eigenvalue weighted by atomic mass is 16.3. The Bertz CT molecular complexity index is 3120. The quantitative estimate of drug-likeness (QED) is 0.155. The van der Waals surface area contributed by atoms with Crippen LogP contribution in [0.1, 0.15) is 54.0 Å². The number of hydrogen-bond acceptors (Lipinski definition) is 2. The minimum atomic E-state index is -0.0201. The first-order valence-corrected chi connectivity index (χ1v) is 20.2. The van der Waals surface area contributed by atoms with Crippen LogP contribution in [0.5, 0.6) is 0 Å². The molecule has 0 saturated heterocycles. The molecule has 0 bridgehead atoms. The second-order valence-electron chi connectivity index (χ2n) is 16.4. The van der Waals surface area contributed by atoms with E-state index in [1.54, 1.807) is 0 Å². The van der Waals surface area contributed by atoms with E-state index in [4.69, 9.17) is 8.83 Å². The van der Waals surface area contributed by atoms with Gasteiger partial charge in [-0.05, 0) is 105 Å². The molecule has 2 heteroatoms. The van der Waals surface area contributed by atoms with E-state index in [2.05, 4.69) is 172 Å². The molecule has 0 fully saturated rings. The molecule has 0 aliphatic heterocycles. The van der Waals surface area contributed by atoms with Gasteiger partial charge in [-0.25, -0.2) is 0 Å². The first-order chi connectivity index (χ1) is 28.0. The molecule has 0 amide bonds. The predicted octanol–water partition coefficient (Wildman–Crippen LogP) is 15.1. The summed E-state index contributed by atoms with van der Waals surface area (Å²) >= 11 is 0. The molecule has 1 aliphatic rings. The molecule has 1 aliphatic carbocycles. The van der Waals surface area contributed by atoms with Gasteiger partial charge in [0.25, 0.3) is 0 Å². The summed E-state index contributed by atoms with van der Waals surface area (Å²) in [5, 5.41) is 4.64. The maximum absolute atomic E-state index is 6.42. The summed E-state index contributed by atoms with van der Waals surface area (Å²) in [5.74, 6) is 0.349. The van der Waals surface area contributed by atoms with Gasteiger partial charge < -0.3 is 8.83 Å². The number of aryl methyl sites for hydroxylation is 1. The molecule has 0 spiro atoms. The van der Waals surface area contributed by atoms with E-state index < -0.39 is 0 Å². The molecule has 0 saturated carbocycles. The summed E-state index contributed by atoms with van der Waals surface area (Å²) in [6.45, 7) is 4.75. The lowest BCUT2D eigenvalue weighted by Gasteiger charge is -2.23. The predicted molar refractivity (Wildman–Crippen MR) is 237 cm³/mol. The largest absolute Gasteiger partial charge is 0.456 e. The maximum Gasteiger partial charge on any atom is 0.143 e. The second-order valence-corrected chi connectivity index (χ2v) is 16.4. The summed E-state index contributed by atoms with van der Waals surface area (Å²) in [4.78, 5) is 0. The average Bonchev–Trinajstić information content (AvgIpc) is 3.90. The number of furan rings is 2. The van der Waals surface area contributed by atoms with Crippen LogP contribution in [0.25, 0.3) is 77.3 Å². The van der Waals surface area contributed by atoms with Crippen molar-refractivity contribution in [2.75, 3.05) is 0 Å². The van der Waals surface area contributed by atoms with Gasteiger partial charge in [-0.2, -0.15) is 0 Å². The highest BCUT2D eigenvalue weighted by Gasteiger charge is 2.35. The molecular formula is C55H42O2. The van der Waals surface area contributed by atoms with Gasteiger partial charge in [0.05, 0.1) is 0 Å². The topological polar surface area (TPSA) is 26.3 Å². The fourth-order valence-electron chi connectivity index (χ4n) is 9.57. The molecule has 11 rings (SSSR count). The average molecular weight is 735 g/mol. The number of hydrogen-bond donors (Lipinski definition) is 0. The van der Waals surface area contributed by atoms with Gasteiger partial charge in [0, 0.05) is 32.5 Å². The van der Waals surface area contributed by atoms with Gasteiger partial charge in [-0.3, -0.25) is 0 Å². The fourth-order valence-corrected chi connectivity index (χ4v) is 9.57. The Hall–Kier alpha value is -6.64. The third-order valence-corrected chi connectivity index (χ3v) is 12.7. The minimum Gasteiger partial charge on any atom is -0.456 e. The molecule has 8 aromatic carbocycles. The Morgan fingerprint density at radius 3 is 1.88 bits per heavy atom. The summed E-state index contributed by atoms with van der Waals surface area (Å²) in [5.41, 5.74) is 18.2. The normalized spacial score (nSPS) is 13.7. The Morgan fingerprint density at radius 2 is 1.05 bits per heavy atom. The Balaban J connectivity index is 0.901. The number of rotatable bonds is 8. The van der Waals surface area contributed by atoms with Gasteiger partial charge in [0.1, 0.15) is 22.3 Å². The molecule has 274 valence electrons. The Kier molecular flexibility index (Phi) is 7.83. The second kappa shape index (κ2) is 13.2. The molecule has 0 N–H and O–H groups in total. The van der Waals surface area contributed by atoms with Gasteiger partial charge in [0.2, 0.25) is 0 Å². The number of benzene rings is 8. The van der Waals surface area contributed by atoms with Gasteiger partial charge in [-0.1, -0.05) is 166 Å². The van der Waals surface area contributed by atoms with Crippen LogP contribution in [-0.4, -0.2) is 0 Å². The van der Waals surface area contributed by atoms with Crippen LogP contribution < -0.4 is 0 Å². The summed E-state index contributed by atoms with van der Waals surface area (Å²) in [7, 11) is 0. The van der Waals surface area contributed by atoms with Crippen molar-refractivity contribution in [3.05, 3.63) is 204 Å². The summed E-state index contributed by atoms with van der Waals surface area (Å²) < 4.78 is 12.5. The third kappa shape index (κ3) is 5.70. The zero-order valence-corrected chi connectivity index (χ0v) is 32.3. The van der Waals surface area contributed by atoms with Crippen molar-refractivity contribution in [3.8, 4) is 33.4 Å². The van der Waals surface area contributed by atoms with Crippen molar-refractivity contribution in [2.24, 2.45) is 0 Å². The van der Waals surface area contributed by atoms with Crippen LogP contribution in [0.2, 0.25) is 0 Å². The Morgan fingerprint density at radius 1 is 0.439 bits per heavy atom. The van der Waals surface area contributed by atoms with Crippen molar-refractivity contribution < 1.29 is 8.83 Å². The SMILES string of the molecule is CC1(C)c2ccccc2-c2ccc(CC(CCc3ccc(-c4ccc5oc6ccccc6c5c4)cc3)c3ccc(-c4cccc5c4oc4ccccc45)cc3)cc21. The van der Waals surface area contributed by atoms with Crippen molar-refractivity contribution in [2.45, 2.75) is 44.4 Å². The molecule has 2 heterocycles. The van der Waals surface area contributed by atoms with Crippen molar-refractivity contribution in [3.63, 3.8) is 0 Å². The van der Waals surface area contributed by atoms with Gasteiger partial charge >= 0.3 is 0 Å². The smallest absolute Gasteiger partial charge is 0.143 e. The van der Waals surface area contributed by atoms with Crippen LogP contribution >= 0.6 is 0 Å².